The van der Waals surface area contributed by atoms with Crippen LogP contribution >= 0.6 is 11.6 Å². The number of rotatable bonds is 4. The van der Waals surface area contributed by atoms with Crippen molar-refractivity contribution in [2.24, 2.45) is 7.05 Å². The fraction of sp³-hybridized carbons (Fsp3) is 0.471. The van der Waals surface area contributed by atoms with Crippen LogP contribution in [0, 0.1) is 17.0 Å². The summed E-state index contributed by atoms with van der Waals surface area (Å²) < 4.78 is 1.82. The summed E-state index contributed by atoms with van der Waals surface area (Å²) in [6, 6.07) is 3.04. The first-order valence-corrected chi connectivity index (χ1v) is 8.71. The second kappa shape index (κ2) is 7.41. The van der Waals surface area contributed by atoms with Crippen molar-refractivity contribution in [3.8, 4) is 0 Å². The SMILES string of the molecule is Cc1cc([N+](=O)[O-])cc(Cl)c1N1CCCN(Cc2cnn(C)c2)CC1. The monoisotopic (exact) mass is 363 g/mol. The molecule has 2 heterocycles. The van der Waals surface area contributed by atoms with E-state index in [1.807, 2.05) is 31.0 Å². The van der Waals surface area contributed by atoms with E-state index in [1.165, 1.54) is 11.6 Å². The highest BCUT2D eigenvalue weighted by Crippen LogP contribution is 2.34. The molecule has 0 saturated carbocycles. The molecule has 0 radical (unpaired) electrons. The molecule has 0 bridgehead atoms. The molecule has 1 saturated heterocycles. The predicted octanol–water partition coefficient (Wildman–Crippen LogP) is 3.00. The first-order valence-electron chi connectivity index (χ1n) is 8.33. The zero-order valence-electron chi connectivity index (χ0n) is 14.5. The molecule has 1 aromatic carbocycles. The minimum absolute atomic E-state index is 0.0410. The van der Waals surface area contributed by atoms with Crippen molar-refractivity contribution in [3.05, 3.63) is 50.8 Å². The minimum atomic E-state index is -0.402. The lowest BCUT2D eigenvalue weighted by molar-refractivity contribution is -0.384. The van der Waals surface area contributed by atoms with Gasteiger partial charge in [-0.1, -0.05) is 11.6 Å². The third kappa shape index (κ3) is 4.11. The summed E-state index contributed by atoms with van der Waals surface area (Å²) in [5.41, 5.74) is 3.01. The highest BCUT2D eigenvalue weighted by molar-refractivity contribution is 6.33. The van der Waals surface area contributed by atoms with Gasteiger partial charge in [0.2, 0.25) is 0 Å². The van der Waals surface area contributed by atoms with Gasteiger partial charge in [-0.2, -0.15) is 5.10 Å². The van der Waals surface area contributed by atoms with E-state index >= 15 is 0 Å². The third-order valence-electron chi connectivity index (χ3n) is 4.52. The fourth-order valence-corrected chi connectivity index (χ4v) is 3.77. The Balaban J connectivity index is 1.71. The largest absolute Gasteiger partial charge is 0.369 e. The number of nitro benzene ring substituents is 1. The van der Waals surface area contributed by atoms with Crippen molar-refractivity contribution < 1.29 is 4.92 Å². The van der Waals surface area contributed by atoms with Crippen molar-refractivity contribution in [1.82, 2.24) is 14.7 Å². The van der Waals surface area contributed by atoms with Crippen molar-refractivity contribution in [1.29, 1.82) is 0 Å². The average Bonchev–Trinajstić information content (AvgIpc) is 2.81. The second-order valence-corrected chi connectivity index (χ2v) is 6.90. The van der Waals surface area contributed by atoms with E-state index in [0.29, 0.717) is 5.02 Å². The van der Waals surface area contributed by atoms with Crippen LogP contribution < -0.4 is 4.90 Å². The lowest BCUT2D eigenvalue weighted by Crippen LogP contribution is -2.31. The van der Waals surface area contributed by atoms with Crippen molar-refractivity contribution in [2.45, 2.75) is 19.9 Å². The van der Waals surface area contributed by atoms with Gasteiger partial charge in [0, 0.05) is 63.7 Å². The summed E-state index contributed by atoms with van der Waals surface area (Å²) in [7, 11) is 1.92. The summed E-state index contributed by atoms with van der Waals surface area (Å²) in [5.74, 6) is 0. The maximum Gasteiger partial charge on any atom is 0.271 e. The van der Waals surface area contributed by atoms with E-state index in [9.17, 15) is 10.1 Å². The number of hydrogen-bond donors (Lipinski definition) is 0. The molecule has 0 aliphatic carbocycles. The van der Waals surface area contributed by atoms with Gasteiger partial charge in [-0.05, 0) is 18.9 Å². The average molecular weight is 364 g/mol. The molecule has 8 heteroatoms. The van der Waals surface area contributed by atoms with Gasteiger partial charge in [-0.15, -0.1) is 0 Å². The van der Waals surface area contributed by atoms with Gasteiger partial charge in [-0.25, -0.2) is 0 Å². The maximum absolute atomic E-state index is 11.0. The summed E-state index contributed by atoms with van der Waals surface area (Å²) in [5, 5.41) is 15.7. The highest BCUT2D eigenvalue weighted by Gasteiger charge is 2.21. The molecule has 1 fully saturated rings. The van der Waals surface area contributed by atoms with Crippen LogP contribution in [0.3, 0.4) is 0 Å². The normalized spacial score (nSPS) is 16.0. The van der Waals surface area contributed by atoms with Crippen LogP contribution in [0.15, 0.2) is 24.5 Å². The Morgan fingerprint density at radius 2 is 2.08 bits per heavy atom. The van der Waals surface area contributed by atoms with E-state index in [2.05, 4.69) is 14.9 Å². The molecule has 0 spiro atoms. The van der Waals surface area contributed by atoms with Crippen molar-refractivity contribution in [3.63, 3.8) is 0 Å². The molecule has 7 nitrogen and oxygen atoms in total. The predicted molar refractivity (Wildman–Crippen MR) is 98.2 cm³/mol. The van der Waals surface area contributed by atoms with E-state index in [0.717, 1.165) is 50.4 Å². The topological polar surface area (TPSA) is 67.4 Å². The number of nitro groups is 1. The number of non-ortho nitro benzene ring substituents is 1. The van der Waals surface area contributed by atoms with Crippen LogP contribution in [0.1, 0.15) is 17.5 Å². The van der Waals surface area contributed by atoms with Crippen LogP contribution in [0.25, 0.3) is 0 Å². The lowest BCUT2D eigenvalue weighted by atomic mass is 10.1. The van der Waals surface area contributed by atoms with Crippen LogP contribution in [0.5, 0.6) is 0 Å². The van der Waals surface area contributed by atoms with Crippen LogP contribution in [-0.4, -0.2) is 45.8 Å². The molecule has 1 aliphatic rings. The van der Waals surface area contributed by atoms with Crippen LogP contribution in [0.2, 0.25) is 5.02 Å². The van der Waals surface area contributed by atoms with Crippen molar-refractivity contribution >= 4 is 23.0 Å². The lowest BCUT2D eigenvalue weighted by Gasteiger charge is -2.26. The van der Waals surface area contributed by atoms with E-state index in [1.54, 1.807) is 6.07 Å². The number of halogens is 1. The summed E-state index contributed by atoms with van der Waals surface area (Å²) in [6.45, 7) is 6.43. The summed E-state index contributed by atoms with van der Waals surface area (Å²) in [6.07, 6.45) is 4.97. The molecule has 1 aliphatic heterocycles. The Bertz CT molecular complexity index is 753. The molecule has 0 unspecified atom stereocenters. The Labute approximate surface area is 151 Å². The molecular formula is C17H22ClN5O2. The summed E-state index contributed by atoms with van der Waals surface area (Å²) >= 11 is 6.36. The minimum Gasteiger partial charge on any atom is -0.369 e. The van der Waals surface area contributed by atoms with Gasteiger partial charge in [0.15, 0.2) is 0 Å². The standard InChI is InChI=1S/C17H22ClN5O2/c1-13-8-15(23(24)25)9-16(18)17(13)22-5-3-4-21(6-7-22)12-14-10-19-20(2)11-14/h8-11H,3-7,12H2,1-2H3. The molecular weight excluding hydrogens is 342 g/mol. The Morgan fingerprint density at radius 3 is 2.72 bits per heavy atom. The van der Waals surface area contributed by atoms with Gasteiger partial charge in [0.05, 0.1) is 21.8 Å². The molecule has 2 aromatic rings. The number of hydrogen-bond acceptors (Lipinski definition) is 5. The van der Waals surface area contributed by atoms with Crippen LogP contribution in [-0.2, 0) is 13.6 Å². The van der Waals surface area contributed by atoms with Crippen molar-refractivity contribution in [2.75, 3.05) is 31.1 Å². The molecule has 0 amide bonds. The zero-order chi connectivity index (χ0) is 18.0. The zero-order valence-corrected chi connectivity index (χ0v) is 15.2. The van der Waals surface area contributed by atoms with Gasteiger partial charge >= 0.3 is 0 Å². The van der Waals surface area contributed by atoms with E-state index in [4.69, 9.17) is 11.6 Å². The Hall–Kier alpha value is -2.12. The first-order chi connectivity index (χ1) is 11.9. The van der Waals surface area contributed by atoms with E-state index < -0.39 is 4.92 Å². The molecule has 25 heavy (non-hydrogen) atoms. The number of aromatic nitrogens is 2. The Morgan fingerprint density at radius 1 is 1.28 bits per heavy atom. The molecule has 1 aromatic heterocycles. The van der Waals surface area contributed by atoms with Gasteiger partial charge in [-0.3, -0.25) is 19.7 Å². The quantitative estimate of drug-likeness (QED) is 0.617. The van der Waals surface area contributed by atoms with E-state index in [-0.39, 0.29) is 5.69 Å². The number of anilines is 1. The number of aryl methyl sites for hydroxylation is 2. The third-order valence-corrected chi connectivity index (χ3v) is 4.81. The summed E-state index contributed by atoms with van der Waals surface area (Å²) in [4.78, 5) is 15.2. The van der Waals surface area contributed by atoms with Crippen LogP contribution in [0.4, 0.5) is 11.4 Å². The molecule has 0 atom stereocenters. The Kier molecular flexibility index (Phi) is 5.24. The highest BCUT2D eigenvalue weighted by atomic mass is 35.5. The number of nitrogens with zero attached hydrogens (tertiary/aromatic N) is 5. The smallest absolute Gasteiger partial charge is 0.271 e. The fourth-order valence-electron chi connectivity index (χ4n) is 3.39. The van der Waals surface area contributed by atoms with Gasteiger partial charge in [0.1, 0.15) is 0 Å². The number of benzene rings is 1. The first kappa shape index (κ1) is 17.7. The molecule has 134 valence electrons. The van der Waals surface area contributed by atoms with Gasteiger partial charge < -0.3 is 4.90 Å². The van der Waals surface area contributed by atoms with Gasteiger partial charge in [0.25, 0.3) is 5.69 Å². The molecule has 3 rings (SSSR count). The maximum atomic E-state index is 11.0. The second-order valence-electron chi connectivity index (χ2n) is 6.49. The molecule has 0 N–H and O–H groups in total.